The van der Waals surface area contributed by atoms with Crippen LogP contribution in [-0.2, 0) is 6.61 Å². The van der Waals surface area contributed by atoms with Crippen LogP contribution in [0, 0.1) is 11.3 Å². The van der Waals surface area contributed by atoms with E-state index in [2.05, 4.69) is 11.2 Å². The largest absolute Gasteiger partial charge is 0.489 e. The number of nitriles is 1. The summed E-state index contributed by atoms with van der Waals surface area (Å²) in [5, 5.41) is 12.9. The van der Waals surface area contributed by atoms with E-state index < -0.39 is 0 Å². The smallest absolute Gasteiger partial charge is 0.179 e. The molecule has 21 heavy (non-hydrogen) atoms. The molecule has 0 aliphatic rings. The summed E-state index contributed by atoms with van der Waals surface area (Å²) in [6, 6.07) is 17.0. The molecular formula is C17H16N2O2. The van der Waals surface area contributed by atoms with Gasteiger partial charge in [0, 0.05) is 6.07 Å². The molecule has 4 nitrogen and oxygen atoms in total. The summed E-state index contributed by atoms with van der Waals surface area (Å²) in [7, 11) is 0. The van der Waals surface area contributed by atoms with Crippen LogP contribution in [0.3, 0.4) is 0 Å². The number of nitrogens with zero attached hydrogens (tertiary/aromatic N) is 2. The molecule has 0 unspecified atom stereocenters. The van der Waals surface area contributed by atoms with Crippen LogP contribution in [-0.4, -0.2) is 5.71 Å². The molecular weight excluding hydrogens is 264 g/mol. The van der Waals surface area contributed by atoms with E-state index in [0.717, 1.165) is 11.3 Å². The van der Waals surface area contributed by atoms with Crippen molar-refractivity contribution in [3.8, 4) is 17.6 Å². The highest BCUT2D eigenvalue weighted by atomic mass is 16.6. The molecule has 2 aromatic carbocycles. The molecule has 0 bridgehead atoms. The highest BCUT2D eigenvalue weighted by molar-refractivity contribution is 5.78. The molecule has 0 heterocycles. The van der Waals surface area contributed by atoms with Crippen molar-refractivity contribution in [2.24, 2.45) is 5.16 Å². The maximum absolute atomic E-state index is 9.06. The lowest BCUT2D eigenvalue weighted by molar-refractivity contribution is 0.299. The minimum atomic E-state index is 0.393. The molecule has 0 radical (unpaired) electrons. The Bertz CT molecular complexity index is 669. The van der Waals surface area contributed by atoms with Gasteiger partial charge in [0.25, 0.3) is 0 Å². The SMILES string of the molecule is CC(C)=NOc1cc(OCc2ccccc2)ccc1C#N. The van der Waals surface area contributed by atoms with Crippen LogP contribution in [0.15, 0.2) is 53.7 Å². The van der Waals surface area contributed by atoms with Gasteiger partial charge in [0.1, 0.15) is 18.4 Å². The predicted octanol–water partition coefficient (Wildman–Crippen LogP) is 3.91. The third-order valence-electron chi connectivity index (χ3n) is 2.65. The van der Waals surface area contributed by atoms with Gasteiger partial charge < -0.3 is 9.57 Å². The minimum absolute atomic E-state index is 0.393. The van der Waals surface area contributed by atoms with Crippen molar-refractivity contribution in [2.75, 3.05) is 0 Å². The van der Waals surface area contributed by atoms with Crippen molar-refractivity contribution >= 4 is 5.71 Å². The van der Waals surface area contributed by atoms with Crippen LogP contribution >= 0.6 is 0 Å². The number of rotatable bonds is 5. The third kappa shape index (κ3) is 4.36. The zero-order chi connectivity index (χ0) is 15.1. The number of ether oxygens (including phenoxy) is 1. The summed E-state index contributed by atoms with van der Waals surface area (Å²) >= 11 is 0. The van der Waals surface area contributed by atoms with E-state index >= 15 is 0 Å². The van der Waals surface area contributed by atoms with Crippen molar-refractivity contribution in [3.63, 3.8) is 0 Å². The Hall–Kier alpha value is -2.80. The normalized spacial score (nSPS) is 9.57. The average molecular weight is 280 g/mol. The van der Waals surface area contributed by atoms with Gasteiger partial charge in [0.05, 0.1) is 11.3 Å². The van der Waals surface area contributed by atoms with Gasteiger partial charge in [-0.1, -0.05) is 35.5 Å². The highest BCUT2D eigenvalue weighted by Crippen LogP contribution is 2.25. The van der Waals surface area contributed by atoms with Gasteiger partial charge in [-0.3, -0.25) is 0 Å². The van der Waals surface area contributed by atoms with Gasteiger partial charge in [-0.05, 0) is 31.5 Å². The lowest BCUT2D eigenvalue weighted by Crippen LogP contribution is -1.97. The fraction of sp³-hybridized carbons (Fsp3) is 0.176. The van der Waals surface area contributed by atoms with Gasteiger partial charge in [0.2, 0.25) is 0 Å². The summed E-state index contributed by atoms with van der Waals surface area (Å²) in [4.78, 5) is 5.27. The average Bonchev–Trinajstić information content (AvgIpc) is 2.52. The molecule has 0 N–H and O–H groups in total. The molecule has 0 spiro atoms. The Morgan fingerprint density at radius 2 is 1.90 bits per heavy atom. The molecule has 0 aliphatic carbocycles. The van der Waals surface area contributed by atoms with Gasteiger partial charge in [-0.25, -0.2) is 0 Å². The van der Waals surface area contributed by atoms with E-state index in [1.165, 1.54) is 0 Å². The maximum atomic E-state index is 9.06. The van der Waals surface area contributed by atoms with Crippen molar-refractivity contribution in [2.45, 2.75) is 20.5 Å². The molecule has 106 valence electrons. The van der Waals surface area contributed by atoms with Crippen LogP contribution in [0.25, 0.3) is 0 Å². The standard InChI is InChI=1S/C17H16N2O2/c1-13(2)19-21-17-10-16(9-8-15(17)11-18)20-12-14-6-4-3-5-7-14/h3-10H,12H2,1-2H3. The summed E-state index contributed by atoms with van der Waals surface area (Å²) in [6.07, 6.45) is 0. The van der Waals surface area contributed by atoms with Gasteiger partial charge in [-0.2, -0.15) is 5.26 Å². The van der Waals surface area contributed by atoms with Crippen molar-refractivity contribution in [1.82, 2.24) is 0 Å². The second-order valence-corrected chi connectivity index (χ2v) is 4.67. The fourth-order valence-electron chi connectivity index (χ4n) is 1.64. The molecule has 2 rings (SSSR count). The molecule has 4 heteroatoms. The maximum Gasteiger partial charge on any atom is 0.179 e. The van der Waals surface area contributed by atoms with Crippen LogP contribution in [0.1, 0.15) is 25.0 Å². The van der Waals surface area contributed by atoms with Crippen LogP contribution in [0.4, 0.5) is 0 Å². The Balaban J connectivity index is 2.12. The minimum Gasteiger partial charge on any atom is -0.489 e. The summed E-state index contributed by atoms with van der Waals surface area (Å²) in [5.41, 5.74) is 2.27. The van der Waals surface area contributed by atoms with Crippen LogP contribution < -0.4 is 9.57 Å². The topological polar surface area (TPSA) is 54.6 Å². The van der Waals surface area contributed by atoms with Gasteiger partial charge in [0.15, 0.2) is 5.75 Å². The number of benzene rings is 2. The van der Waals surface area contributed by atoms with E-state index in [0.29, 0.717) is 23.7 Å². The molecule has 0 atom stereocenters. The van der Waals surface area contributed by atoms with Crippen molar-refractivity contribution in [3.05, 3.63) is 59.7 Å². The van der Waals surface area contributed by atoms with E-state index in [4.69, 9.17) is 14.8 Å². The number of oxime groups is 1. The Morgan fingerprint density at radius 1 is 1.14 bits per heavy atom. The zero-order valence-electron chi connectivity index (χ0n) is 12.0. The Kier molecular flexibility index (Phi) is 4.94. The predicted molar refractivity (Wildman–Crippen MR) is 81.3 cm³/mol. The molecule has 0 amide bonds. The first-order valence-corrected chi connectivity index (χ1v) is 6.58. The lowest BCUT2D eigenvalue weighted by Gasteiger charge is -2.08. The molecule has 2 aromatic rings. The van der Waals surface area contributed by atoms with Crippen molar-refractivity contribution < 1.29 is 9.57 Å². The van der Waals surface area contributed by atoms with Crippen LogP contribution in [0.2, 0.25) is 0 Å². The first-order valence-electron chi connectivity index (χ1n) is 6.58. The first kappa shape index (κ1) is 14.6. The summed E-state index contributed by atoms with van der Waals surface area (Å²) < 4.78 is 5.70. The number of hydrogen-bond acceptors (Lipinski definition) is 4. The highest BCUT2D eigenvalue weighted by Gasteiger charge is 2.06. The number of hydrogen-bond donors (Lipinski definition) is 0. The fourth-order valence-corrected chi connectivity index (χ4v) is 1.64. The molecule has 0 aromatic heterocycles. The van der Waals surface area contributed by atoms with E-state index in [9.17, 15) is 0 Å². The molecule has 0 fully saturated rings. The summed E-state index contributed by atoms with van der Waals surface area (Å²) in [5.74, 6) is 1.03. The second-order valence-electron chi connectivity index (χ2n) is 4.67. The quantitative estimate of drug-likeness (QED) is 0.616. The Morgan fingerprint density at radius 3 is 2.57 bits per heavy atom. The van der Waals surface area contributed by atoms with Gasteiger partial charge in [-0.15, -0.1) is 0 Å². The van der Waals surface area contributed by atoms with Gasteiger partial charge >= 0.3 is 0 Å². The third-order valence-corrected chi connectivity index (χ3v) is 2.65. The van der Waals surface area contributed by atoms with Crippen LogP contribution in [0.5, 0.6) is 11.5 Å². The molecule has 0 saturated carbocycles. The Labute approximate surface area is 124 Å². The van der Waals surface area contributed by atoms with E-state index in [1.807, 2.05) is 44.2 Å². The summed E-state index contributed by atoms with van der Waals surface area (Å²) in [6.45, 7) is 4.10. The second kappa shape index (κ2) is 7.11. The zero-order valence-corrected chi connectivity index (χ0v) is 12.0. The van der Waals surface area contributed by atoms with E-state index in [-0.39, 0.29) is 0 Å². The van der Waals surface area contributed by atoms with E-state index in [1.54, 1.807) is 18.2 Å². The lowest BCUT2D eigenvalue weighted by atomic mass is 10.2. The van der Waals surface area contributed by atoms with Crippen molar-refractivity contribution in [1.29, 1.82) is 5.26 Å². The molecule has 0 saturated heterocycles. The molecule has 0 aliphatic heterocycles. The first-order chi connectivity index (χ1) is 10.2. The monoisotopic (exact) mass is 280 g/mol.